The molecular weight excluding hydrogens is 166 g/mol. The highest BCUT2D eigenvalue weighted by Crippen LogP contribution is 2.36. The second-order valence-electron chi connectivity index (χ2n) is 4.90. The summed E-state index contributed by atoms with van der Waals surface area (Å²) in [7, 11) is 0. The van der Waals surface area contributed by atoms with Crippen LogP contribution in [0.5, 0.6) is 0 Å². The molecule has 1 aliphatic rings. The number of hydrogen-bond acceptors (Lipinski definition) is 3. The van der Waals surface area contributed by atoms with E-state index in [4.69, 9.17) is 9.84 Å². The largest absolute Gasteiger partial charge is 0.395 e. The first-order valence-electron chi connectivity index (χ1n) is 4.92. The van der Waals surface area contributed by atoms with Gasteiger partial charge in [0.05, 0.1) is 17.8 Å². The molecule has 0 radical (unpaired) electrons. The van der Waals surface area contributed by atoms with Gasteiger partial charge in [-0.1, -0.05) is 0 Å². The van der Waals surface area contributed by atoms with Crippen LogP contribution in [0, 0.1) is 0 Å². The van der Waals surface area contributed by atoms with Crippen LogP contribution >= 0.6 is 0 Å². The Hall–Kier alpha value is -0.120. The van der Waals surface area contributed by atoms with Crippen molar-refractivity contribution in [2.24, 2.45) is 0 Å². The van der Waals surface area contributed by atoms with Gasteiger partial charge in [-0.2, -0.15) is 0 Å². The van der Waals surface area contributed by atoms with Gasteiger partial charge >= 0.3 is 0 Å². The lowest BCUT2D eigenvalue weighted by atomic mass is 9.94. The molecule has 0 aromatic heterocycles. The summed E-state index contributed by atoms with van der Waals surface area (Å²) in [6, 6.07) is 0.342. The van der Waals surface area contributed by atoms with Crippen LogP contribution in [-0.2, 0) is 4.74 Å². The van der Waals surface area contributed by atoms with Crippen molar-refractivity contribution in [2.75, 3.05) is 13.2 Å². The highest BCUT2D eigenvalue weighted by atomic mass is 16.5. The number of hydrogen-bond donors (Lipinski definition) is 2. The fraction of sp³-hybridized carbons (Fsp3) is 1.00. The molecule has 3 heteroatoms. The molecule has 1 rings (SSSR count). The third-order valence-corrected chi connectivity index (χ3v) is 2.58. The Labute approximate surface area is 80.5 Å². The highest BCUT2D eigenvalue weighted by Gasteiger charge is 2.45. The topological polar surface area (TPSA) is 41.5 Å². The molecule has 13 heavy (non-hydrogen) atoms. The minimum absolute atomic E-state index is 0.0450. The third kappa shape index (κ3) is 2.66. The van der Waals surface area contributed by atoms with Crippen molar-refractivity contribution in [3.05, 3.63) is 0 Å². The Morgan fingerprint density at radius 1 is 1.38 bits per heavy atom. The molecule has 1 atom stereocenters. The minimum atomic E-state index is -0.126. The first kappa shape index (κ1) is 11.0. The maximum atomic E-state index is 8.72. The average molecular weight is 187 g/mol. The van der Waals surface area contributed by atoms with Crippen molar-refractivity contribution < 1.29 is 9.84 Å². The second kappa shape index (κ2) is 3.56. The smallest absolute Gasteiger partial charge is 0.0787 e. The van der Waals surface area contributed by atoms with E-state index in [1.54, 1.807) is 0 Å². The third-order valence-electron chi connectivity index (χ3n) is 2.58. The van der Waals surface area contributed by atoms with Crippen LogP contribution in [0.3, 0.4) is 0 Å². The molecule has 3 nitrogen and oxygen atoms in total. The maximum absolute atomic E-state index is 8.72. The summed E-state index contributed by atoms with van der Waals surface area (Å²) in [6.45, 7) is 9.23. The van der Waals surface area contributed by atoms with Crippen molar-refractivity contribution in [3.63, 3.8) is 0 Å². The molecule has 1 heterocycles. The van der Waals surface area contributed by atoms with E-state index in [2.05, 4.69) is 33.0 Å². The Balaban J connectivity index is 2.54. The Bertz CT molecular complexity index is 178. The molecule has 2 N–H and O–H groups in total. The standard InChI is InChI=1S/C10H21NO2/c1-9(2)7-8(11-5-6-12)10(3,4)13-9/h8,11-12H,5-7H2,1-4H3/t8-/m0/s1. The minimum Gasteiger partial charge on any atom is -0.395 e. The molecule has 0 unspecified atom stereocenters. The van der Waals surface area contributed by atoms with E-state index in [1.807, 2.05) is 0 Å². The predicted molar refractivity (Wildman–Crippen MR) is 52.7 cm³/mol. The van der Waals surface area contributed by atoms with Crippen LogP contribution in [0.25, 0.3) is 0 Å². The quantitative estimate of drug-likeness (QED) is 0.690. The van der Waals surface area contributed by atoms with Crippen molar-refractivity contribution in [1.29, 1.82) is 0 Å². The average Bonchev–Trinajstić information content (AvgIpc) is 2.14. The van der Waals surface area contributed by atoms with Crippen LogP contribution in [0.2, 0.25) is 0 Å². The van der Waals surface area contributed by atoms with Gasteiger partial charge in [0.15, 0.2) is 0 Å². The van der Waals surface area contributed by atoms with Gasteiger partial charge in [0.25, 0.3) is 0 Å². The number of rotatable bonds is 3. The van der Waals surface area contributed by atoms with Gasteiger partial charge in [0, 0.05) is 12.6 Å². The Kier molecular flexibility index (Phi) is 3.00. The van der Waals surface area contributed by atoms with Crippen molar-refractivity contribution in [1.82, 2.24) is 5.32 Å². The van der Waals surface area contributed by atoms with Crippen molar-refractivity contribution in [2.45, 2.75) is 51.4 Å². The second-order valence-corrected chi connectivity index (χ2v) is 4.90. The Morgan fingerprint density at radius 3 is 2.38 bits per heavy atom. The summed E-state index contributed by atoms with van der Waals surface area (Å²) in [4.78, 5) is 0. The molecule has 0 spiro atoms. The Morgan fingerprint density at radius 2 is 2.00 bits per heavy atom. The summed E-state index contributed by atoms with van der Waals surface area (Å²) in [5, 5.41) is 12.0. The molecule has 0 aliphatic carbocycles. The molecule has 0 aromatic carbocycles. The van der Waals surface area contributed by atoms with Crippen LogP contribution in [0.4, 0.5) is 0 Å². The van der Waals surface area contributed by atoms with Crippen molar-refractivity contribution >= 4 is 0 Å². The number of aliphatic hydroxyl groups excluding tert-OH is 1. The number of nitrogens with one attached hydrogen (secondary N) is 1. The molecule has 1 fully saturated rings. The summed E-state index contributed by atoms with van der Waals surface area (Å²) < 4.78 is 5.90. The van der Waals surface area contributed by atoms with Crippen LogP contribution in [-0.4, -0.2) is 35.5 Å². The molecule has 0 amide bonds. The molecule has 0 aromatic rings. The predicted octanol–water partition coefficient (Wildman–Crippen LogP) is 0.914. The number of aliphatic hydroxyl groups is 1. The lowest BCUT2D eigenvalue weighted by molar-refractivity contribution is -0.0699. The van der Waals surface area contributed by atoms with E-state index in [-0.39, 0.29) is 17.8 Å². The number of ether oxygens (including phenoxy) is 1. The first-order valence-corrected chi connectivity index (χ1v) is 4.92. The summed E-state index contributed by atoms with van der Waals surface area (Å²) in [5.74, 6) is 0. The molecule has 1 aliphatic heterocycles. The van der Waals surface area contributed by atoms with E-state index in [1.165, 1.54) is 0 Å². The fourth-order valence-electron chi connectivity index (χ4n) is 2.12. The summed E-state index contributed by atoms with van der Waals surface area (Å²) in [5.41, 5.74) is -0.171. The summed E-state index contributed by atoms with van der Waals surface area (Å²) >= 11 is 0. The van der Waals surface area contributed by atoms with Gasteiger partial charge in [0.1, 0.15) is 0 Å². The molecule has 1 saturated heterocycles. The van der Waals surface area contributed by atoms with E-state index in [0.717, 1.165) is 6.42 Å². The van der Waals surface area contributed by atoms with Crippen LogP contribution < -0.4 is 5.32 Å². The van der Waals surface area contributed by atoms with Gasteiger partial charge < -0.3 is 15.2 Å². The van der Waals surface area contributed by atoms with Gasteiger partial charge in [-0.05, 0) is 34.1 Å². The summed E-state index contributed by atoms with van der Waals surface area (Å²) in [6.07, 6.45) is 1.00. The normalized spacial score (nSPS) is 30.7. The fourth-order valence-corrected chi connectivity index (χ4v) is 2.12. The van der Waals surface area contributed by atoms with Crippen LogP contribution in [0.15, 0.2) is 0 Å². The molecule has 78 valence electrons. The van der Waals surface area contributed by atoms with Crippen LogP contribution in [0.1, 0.15) is 34.1 Å². The van der Waals surface area contributed by atoms with E-state index >= 15 is 0 Å². The van der Waals surface area contributed by atoms with Gasteiger partial charge in [-0.15, -0.1) is 0 Å². The lowest BCUT2D eigenvalue weighted by Crippen LogP contribution is -2.44. The van der Waals surface area contributed by atoms with Gasteiger partial charge in [-0.25, -0.2) is 0 Å². The highest BCUT2D eigenvalue weighted by molar-refractivity contribution is 4.98. The maximum Gasteiger partial charge on any atom is 0.0787 e. The van der Waals surface area contributed by atoms with Gasteiger partial charge in [-0.3, -0.25) is 0 Å². The molecule has 0 saturated carbocycles. The van der Waals surface area contributed by atoms with Gasteiger partial charge in [0.2, 0.25) is 0 Å². The zero-order valence-corrected chi connectivity index (χ0v) is 9.05. The lowest BCUT2D eigenvalue weighted by Gasteiger charge is -2.27. The zero-order chi connectivity index (χ0) is 10.1. The van der Waals surface area contributed by atoms with E-state index in [9.17, 15) is 0 Å². The van der Waals surface area contributed by atoms with E-state index in [0.29, 0.717) is 12.6 Å². The SMILES string of the molecule is CC1(C)C[C@H](NCCO)C(C)(C)O1. The molecule has 0 bridgehead atoms. The zero-order valence-electron chi connectivity index (χ0n) is 9.05. The first-order chi connectivity index (χ1) is 5.87. The monoisotopic (exact) mass is 187 g/mol. The van der Waals surface area contributed by atoms with Crippen molar-refractivity contribution in [3.8, 4) is 0 Å². The van der Waals surface area contributed by atoms with E-state index < -0.39 is 0 Å². The molecular formula is C10H21NO2.